The number of rotatable bonds is 6. The molecule has 1 saturated heterocycles. The van der Waals surface area contributed by atoms with E-state index in [1.165, 1.54) is 17.7 Å². The van der Waals surface area contributed by atoms with Crippen LogP contribution in [-0.4, -0.2) is 86.6 Å². The predicted molar refractivity (Wildman–Crippen MR) is 170 cm³/mol. The van der Waals surface area contributed by atoms with Gasteiger partial charge in [-0.15, -0.1) is 0 Å². The molecule has 0 unspecified atom stereocenters. The number of aromatic nitrogens is 6. The summed E-state index contributed by atoms with van der Waals surface area (Å²) in [4.78, 5) is 48.4. The fraction of sp³-hybridized carbons (Fsp3) is 0.633. The molecule has 0 spiro atoms. The first-order valence-electron chi connectivity index (χ1n) is 14.9. The minimum absolute atomic E-state index is 0.222. The van der Waals surface area contributed by atoms with Crippen molar-refractivity contribution in [2.45, 2.75) is 86.0 Å². The summed E-state index contributed by atoms with van der Waals surface area (Å²) in [6.07, 6.45) is 5.05. The molecule has 14 heteroatoms. The fourth-order valence-corrected chi connectivity index (χ4v) is 4.20. The van der Waals surface area contributed by atoms with Gasteiger partial charge >= 0.3 is 6.09 Å². The van der Waals surface area contributed by atoms with Crippen LogP contribution in [0.25, 0.3) is 22.6 Å². The summed E-state index contributed by atoms with van der Waals surface area (Å²) in [5.74, 6) is 2.01. The summed E-state index contributed by atoms with van der Waals surface area (Å²) in [6.45, 7) is 18.8. The van der Waals surface area contributed by atoms with Crippen molar-refractivity contribution in [1.82, 2.24) is 29.5 Å². The average Bonchev–Trinajstić information content (AvgIpc) is 3.75. The molecule has 2 fully saturated rings. The number of carbonyl (C=O) groups excluding carboxylic acids is 2. The van der Waals surface area contributed by atoms with Gasteiger partial charge in [0.05, 0.1) is 18.8 Å². The zero-order chi connectivity index (χ0) is 32.7. The van der Waals surface area contributed by atoms with E-state index in [9.17, 15) is 9.59 Å². The molecule has 0 atom stereocenters. The summed E-state index contributed by atoms with van der Waals surface area (Å²) < 4.78 is 17.4. The van der Waals surface area contributed by atoms with Crippen LogP contribution in [0, 0.1) is 5.92 Å². The van der Waals surface area contributed by atoms with Crippen LogP contribution >= 0.6 is 11.6 Å². The first kappa shape index (κ1) is 34.9. The Morgan fingerprint density at radius 2 is 1.66 bits per heavy atom. The molecule has 3 aromatic heterocycles. The molecule has 0 N–H and O–H groups in total. The number of hydrogen-bond donors (Lipinski definition) is 0. The minimum atomic E-state index is -0.616. The van der Waals surface area contributed by atoms with Crippen LogP contribution in [0.4, 0.5) is 16.6 Å². The normalized spacial score (nSPS) is 15.0. The standard InChI is InChI=1S/C23H29ClN8O3.C5H10O2.C2H6/c1-23(2,3)35-22(33)30(4)21-25-11-15(12-26-21)17-28-18(31-7-9-34-10-8-31)16-19(29-17)32(20(24)27-16)13-14-5-6-14;1-5(2,3)7-4-6;1-2/h11-12,14H,5-10,13H2,1-4H3;4H,1-3H3;1-2H3. The van der Waals surface area contributed by atoms with Gasteiger partial charge in [0.15, 0.2) is 22.8 Å². The van der Waals surface area contributed by atoms with Crippen molar-refractivity contribution in [1.29, 1.82) is 0 Å². The highest BCUT2D eigenvalue weighted by Crippen LogP contribution is 2.35. The molecule has 1 saturated carbocycles. The van der Waals surface area contributed by atoms with E-state index < -0.39 is 11.7 Å². The lowest BCUT2D eigenvalue weighted by Crippen LogP contribution is -2.37. The van der Waals surface area contributed by atoms with Gasteiger partial charge in [-0.1, -0.05) is 13.8 Å². The van der Waals surface area contributed by atoms with Crippen molar-refractivity contribution in [2.24, 2.45) is 5.92 Å². The maximum atomic E-state index is 12.4. The Morgan fingerprint density at radius 1 is 1.05 bits per heavy atom. The van der Waals surface area contributed by atoms with Crippen molar-refractivity contribution >= 4 is 47.1 Å². The number of morpholine rings is 1. The molecule has 0 bridgehead atoms. The molecule has 44 heavy (non-hydrogen) atoms. The topological polar surface area (TPSA) is 138 Å². The third-order valence-corrected chi connectivity index (χ3v) is 6.53. The number of imidazole rings is 1. The number of anilines is 2. The number of nitrogens with zero attached hydrogens (tertiary/aromatic N) is 8. The third-order valence-electron chi connectivity index (χ3n) is 6.24. The summed E-state index contributed by atoms with van der Waals surface area (Å²) >= 11 is 6.55. The fourth-order valence-electron chi connectivity index (χ4n) is 3.97. The number of ether oxygens (including phenoxy) is 3. The van der Waals surface area contributed by atoms with Crippen molar-refractivity contribution < 1.29 is 23.8 Å². The van der Waals surface area contributed by atoms with Gasteiger partial charge in [0.1, 0.15) is 11.2 Å². The zero-order valence-electron chi connectivity index (χ0n) is 27.3. The second-order valence-corrected chi connectivity index (χ2v) is 12.6. The van der Waals surface area contributed by atoms with E-state index in [0.717, 1.165) is 12.4 Å². The first-order chi connectivity index (χ1) is 20.8. The van der Waals surface area contributed by atoms with Gasteiger partial charge in [-0.05, 0) is 71.9 Å². The Kier molecular flexibility index (Phi) is 11.8. The van der Waals surface area contributed by atoms with E-state index in [4.69, 9.17) is 31.0 Å². The number of hydrogen-bond acceptors (Lipinski definition) is 11. The Bertz CT molecular complexity index is 1390. The Morgan fingerprint density at radius 3 is 2.16 bits per heavy atom. The molecule has 0 aromatic carbocycles. The summed E-state index contributed by atoms with van der Waals surface area (Å²) in [5, 5.41) is 0.415. The van der Waals surface area contributed by atoms with Crippen LogP contribution in [-0.2, 0) is 25.5 Å². The lowest BCUT2D eigenvalue weighted by Gasteiger charge is -2.28. The van der Waals surface area contributed by atoms with Crippen molar-refractivity contribution in [3.05, 3.63) is 17.7 Å². The molecule has 4 heterocycles. The molecule has 242 valence electrons. The van der Waals surface area contributed by atoms with E-state index in [1.54, 1.807) is 19.4 Å². The lowest BCUT2D eigenvalue weighted by atomic mass is 10.2. The van der Waals surface area contributed by atoms with E-state index in [-0.39, 0.29) is 11.5 Å². The Hall–Kier alpha value is -3.58. The Labute approximate surface area is 264 Å². The van der Waals surface area contributed by atoms with Gasteiger partial charge < -0.3 is 19.1 Å². The number of fused-ring (bicyclic) bond motifs is 1. The van der Waals surface area contributed by atoms with Crippen LogP contribution in [0.5, 0.6) is 0 Å². The Balaban J connectivity index is 0.000000520. The second-order valence-electron chi connectivity index (χ2n) is 12.2. The van der Waals surface area contributed by atoms with Gasteiger partial charge in [-0.2, -0.15) is 0 Å². The molecule has 1 amide bonds. The molecule has 0 radical (unpaired) electrons. The molecule has 1 aliphatic carbocycles. The number of carbonyl (C=O) groups is 2. The van der Waals surface area contributed by atoms with Crippen LogP contribution < -0.4 is 9.80 Å². The first-order valence-corrected chi connectivity index (χ1v) is 15.3. The summed E-state index contributed by atoms with van der Waals surface area (Å²) in [7, 11) is 1.57. The highest BCUT2D eigenvalue weighted by molar-refractivity contribution is 6.29. The maximum Gasteiger partial charge on any atom is 0.416 e. The van der Waals surface area contributed by atoms with Crippen molar-refractivity contribution in [3.8, 4) is 11.4 Å². The number of amides is 1. The molecule has 13 nitrogen and oxygen atoms in total. The molecule has 1 aliphatic heterocycles. The molecule has 2 aliphatic rings. The van der Waals surface area contributed by atoms with E-state index in [0.29, 0.717) is 66.5 Å². The van der Waals surface area contributed by atoms with Gasteiger partial charge in [-0.3, -0.25) is 9.36 Å². The maximum absolute atomic E-state index is 12.4. The average molecular weight is 633 g/mol. The van der Waals surface area contributed by atoms with Crippen molar-refractivity contribution in [2.75, 3.05) is 43.2 Å². The highest BCUT2D eigenvalue weighted by atomic mass is 35.5. The molecular weight excluding hydrogens is 588 g/mol. The highest BCUT2D eigenvalue weighted by Gasteiger charge is 2.28. The smallest absolute Gasteiger partial charge is 0.416 e. The van der Waals surface area contributed by atoms with Crippen molar-refractivity contribution in [3.63, 3.8) is 0 Å². The third kappa shape index (κ3) is 9.71. The van der Waals surface area contributed by atoms with Gasteiger partial charge in [0.2, 0.25) is 11.2 Å². The predicted octanol–water partition coefficient (Wildman–Crippen LogP) is 5.54. The summed E-state index contributed by atoms with van der Waals surface area (Å²) in [5.41, 5.74) is 1.07. The van der Waals surface area contributed by atoms with Gasteiger partial charge in [0, 0.05) is 39.1 Å². The van der Waals surface area contributed by atoms with Gasteiger partial charge in [0.25, 0.3) is 6.47 Å². The van der Waals surface area contributed by atoms with Crippen LogP contribution in [0.1, 0.15) is 68.2 Å². The van der Waals surface area contributed by atoms with Crippen LogP contribution in [0.15, 0.2) is 12.4 Å². The molecule has 5 rings (SSSR count). The molecule has 3 aromatic rings. The zero-order valence-corrected chi connectivity index (χ0v) is 28.0. The van der Waals surface area contributed by atoms with E-state index in [1.807, 2.05) is 60.0 Å². The largest absolute Gasteiger partial charge is 0.462 e. The van der Waals surface area contributed by atoms with Crippen LogP contribution in [0.3, 0.4) is 0 Å². The molecular formula is C30H45ClN8O5. The quantitative estimate of drug-likeness (QED) is 0.250. The van der Waals surface area contributed by atoms with Gasteiger partial charge in [-0.25, -0.2) is 34.6 Å². The van der Waals surface area contributed by atoms with Crippen LogP contribution in [0.2, 0.25) is 5.28 Å². The van der Waals surface area contributed by atoms with E-state index >= 15 is 0 Å². The summed E-state index contributed by atoms with van der Waals surface area (Å²) in [6, 6.07) is 0. The second kappa shape index (κ2) is 14.9. The lowest BCUT2D eigenvalue weighted by molar-refractivity contribution is -0.138. The van der Waals surface area contributed by atoms with E-state index in [2.05, 4.69) is 24.6 Å². The SMILES string of the molecule is CC.CC(C)(C)OC=O.CN(C(=O)OC(C)(C)C)c1ncc(-c2nc(N3CCOCC3)c3nc(Cl)n(CC4CC4)c3n2)cn1. The minimum Gasteiger partial charge on any atom is -0.462 e. The monoisotopic (exact) mass is 632 g/mol. The number of halogens is 1.